The van der Waals surface area contributed by atoms with E-state index in [4.69, 9.17) is 10.5 Å². The normalized spacial score (nSPS) is 30.8. The van der Waals surface area contributed by atoms with Crippen molar-refractivity contribution in [1.82, 2.24) is 10.2 Å². The Kier molecular flexibility index (Phi) is 10.2. The van der Waals surface area contributed by atoms with Gasteiger partial charge >= 0.3 is 5.97 Å². The highest BCUT2D eigenvalue weighted by atomic mass is 33.1. The first-order valence-corrected chi connectivity index (χ1v) is 15.8. The molecule has 0 aromatic carbocycles. The summed E-state index contributed by atoms with van der Waals surface area (Å²) in [6.45, 7) is 0.969. The zero-order valence-electron chi connectivity index (χ0n) is 20.9. The third-order valence-electron chi connectivity index (χ3n) is 7.82. The Bertz CT molecular complexity index is 829. The standard InChI is InChI=1S/C26H39N3O5S2/c27-16-18-14-19(28-22(30)9-5-2-6-12-29-23(31)10-11-24(29)32)13-17(15-21-25(18)36-35-21)26(33)34-20-7-3-1-4-8-20/h10-11,17-21,25H,1-9,12-16,27H2,(H,28,30). The molecule has 2 aliphatic heterocycles. The predicted molar refractivity (Wildman–Crippen MR) is 142 cm³/mol. The number of rotatable bonds is 10. The van der Waals surface area contributed by atoms with Crippen LogP contribution in [0.1, 0.15) is 77.0 Å². The monoisotopic (exact) mass is 537 g/mol. The van der Waals surface area contributed by atoms with Crippen LogP contribution in [0.3, 0.4) is 0 Å². The summed E-state index contributed by atoms with van der Waals surface area (Å²) in [5, 5.41) is 4.05. The predicted octanol–water partition coefficient (Wildman–Crippen LogP) is 3.34. The van der Waals surface area contributed by atoms with Crippen LogP contribution in [0.4, 0.5) is 0 Å². The molecule has 8 nitrogen and oxygen atoms in total. The Morgan fingerprint density at radius 1 is 1.00 bits per heavy atom. The summed E-state index contributed by atoms with van der Waals surface area (Å²) < 4.78 is 5.94. The van der Waals surface area contributed by atoms with Gasteiger partial charge in [0, 0.05) is 41.7 Å². The molecule has 36 heavy (non-hydrogen) atoms. The second kappa shape index (κ2) is 13.3. The average Bonchev–Trinajstić information content (AvgIpc) is 3.16. The lowest BCUT2D eigenvalue weighted by molar-refractivity contribution is -0.156. The maximum absolute atomic E-state index is 13.2. The molecule has 0 aromatic heterocycles. The largest absolute Gasteiger partial charge is 0.462 e. The molecule has 4 rings (SSSR count). The number of carbonyl (C=O) groups excluding carboxylic acids is 4. The number of fused-ring (bicyclic) bond motifs is 1. The van der Waals surface area contributed by atoms with Crippen LogP contribution in [0.15, 0.2) is 12.2 Å². The molecule has 3 fully saturated rings. The molecule has 1 saturated heterocycles. The van der Waals surface area contributed by atoms with Gasteiger partial charge in [0.05, 0.1) is 5.92 Å². The minimum absolute atomic E-state index is 0.0158. The Balaban J connectivity index is 1.26. The fourth-order valence-corrected chi connectivity index (χ4v) is 9.05. The number of unbranched alkanes of at least 4 members (excludes halogenated alkanes) is 2. The maximum Gasteiger partial charge on any atom is 0.309 e. The molecule has 3 N–H and O–H groups in total. The first-order valence-electron chi connectivity index (χ1n) is 13.5. The van der Waals surface area contributed by atoms with E-state index in [2.05, 4.69) is 5.32 Å². The smallest absolute Gasteiger partial charge is 0.309 e. The van der Waals surface area contributed by atoms with E-state index in [1.807, 2.05) is 21.6 Å². The molecule has 3 amide bonds. The number of imide groups is 1. The van der Waals surface area contributed by atoms with Gasteiger partial charge in [-0.25, -0.2) is 0 Å². The van der Waals surface area contributed by atoms with Crippen molar-refractivity contribution in [2.45, 2.75) is 99.7 Å². The molecular formula is C26H39N3O5S2. The van der Waals surface area contributed by atoms with Crippen LogP contribution in [0.5, 0.6) is 0 Å². The second-order valence-electron chi connectivity index (χ2n) is 10.5. The molecule has 2 saturated carbocycles. The number of nitrogens with two attached hydrogens (primary N) is 1. The lowest BCUT2D eigenvalue weighted by atomic mass is 9.82. The summed E-state index contributed by atoms with van der Waals surface area (Å²) in [5.74, 6) is -0.509. The summed E-state index contributed by atoms with van der Waals surface area (Å²) in [6, 6.07) is -0.0898. The van der Waals surface area contributed by atoms with Gasteiger partial charge in [-0.15, -0.1) is 0 Å². The molecule has 0 bridgehead atoms. The highest BCUT2D eigenvalue weighted by Crippen LogP contribution is 2.55. The quantitative estimate of drug-likeness (QED) is 0.189. The first kappa shape index (κ1) is 27.5. The number of carbonyl (C=O) groups is 4. The molecule has 10 heteroatoms. The number of nitrogens with one attached hydrogen (secondary N) is 1. The molecule has 4 aliphatic rings. The van der Waals surface area contributed by atoms with E-state index in [1.54, 1.807) is 0 Å². The van der Waals surface area contributed by atoms with Gasteiger partial charge in [0.25, 0.3) is 11.8 Å². The van der Waals surface area contributed by atoms with Gasteiger partial charge in [-0.3, -0.25) is 24.1 Å². The number of esters is 1. The molecular weight excluding hydrogens is 498 g/mol. The highest BCUT2D eigenvalue weighted by molar-refractivity contribution is 8.80. The topological polar surface area (TPSA) is 119 Å². The SMILES string of the molecule is NCC1CC(NC(=O)CCCCCN2C(=O)C=CC2=O)CC(C(=O)OC2CCCCC2)CC2SSC12. The van der Waals surface area contributed by atoms with E-state index in [1.165, 1.54) is 23.5 Å². The molecule has 2 aliphatic carbocycles. The van der Waals surface area contributed by atoms with Crippen molar-refractivity contribution in [2.75, 3.05) is 13.1 Å². The van der Waals surface area contributed by atoms with Crippen molar-refractivity contribution in [3.05, 3.63) is 12.2 Å². The van der Waals surface area contributed by atoms with Crippen LogP contribution < -0.4 is 11.1 Å². The molecule has 0 aromatic rings. The van der Waals surface area contributed by atoms with Gasteiger partial charge in [-0.05, 0) is 70.3 Å². The lowest BCUT2D eigenvalue weighted by Gasteiger charge is -2.44. The van der Waals surface area contributed by atoms with Crippen LogP contribution in [0.2, 0.25) is 0 Å². The average molecular weight is 538 g/mol. The fraction of sp³-hybridized carbons (Fsp3) is 0.769. The molecule has 0 radical (unpaired) electrons. The minimum atomic E-state index is -0.265. The Morgan fingerprint density at radius 3 is 2.42 bits per heavy atom. The van der Waals surface area contributed by atoms with Gasteiger partial charge in [-0.2, -0.15) is 0 Å². The number of nitrogens with zero attached hydrogens (tertiary/aromatic N) is 1. The number of amides is 3. The van der Waals surface area contributed by atoms with Crippen molar-refractivity contribution in [1.29, 1.82) is 0 Å². The van der Waals surface area contributed by atoms with Crippen LogP contribution in [0, 0.1) is 11.8 Å². The van der Waals surface area contributed by atoms with Gasteiger partial charge in [0.1, 0.15) is 6.10 Å². The van der Waals surface area contributed by atoms with E-state index in [0.29, 0.717) is 55.2 Å². The van der Waals surface area contributed by atoms with Gasteiger partial charge < -0.3 is 15.8 Å². The van der Waals surface area contributed by atoms with Crippen molar-refractivity contribution in [3.8, 4) is 0 Å². The number of hydrogen-bond donors (Lipinski definition) is 2. The molecule has 0 spiro atoms. The fourth-order valence-electron chi connectivity index (χ4n) is 5.74. The summed E-state index contributed by atoms with van der Waals surface area (Å²) >= 11 is 0. The molecule has 2 heterocycles. The molecule has 5 unspecified atom stereocenters. The van der Waals surface area contributed by atoms with E-state index in [9.17, 15) is 19.2 Å². The van der Waals surface area contributed by atoms with E-state index in [-0.39, 0.29) is 41.8 Å². The zero-order chi connectivity index (χ0) is 25.5. The highest BCUT2D eigenvalue weighted by Gasteiger charge is 2.45. The molecule has 5 atom stereocenters. The Morgan fingerprint density at radius 2 is 1.75 bits per heavy atom. The maximum atomic E-state index is 13.2. The van der Waals surface area contributed by atoms with Crippen molar-refractivity contribution < 1.29 is 23.9 Å². The van der Waals surface area contributed by atoms with Crippen LogP contribution in [-0.2, 0) is 23.9 Å². The van der Waals surface area contributed by atoms with Crippen LogP contribution >= 0.6 is 21.6 Å². The van der Waals surface area contributed by atoms with E-state index in [0.717, 1.165) is 44.9 Å². The Labute approximate surface area is 221 Å². The minimum Gasteiger partial charge on any atom is -0.462 e. The van der Waals surface area contributed by atoms with Gasteiger partial charge in [0.15, 0.2) is 0 Å². The van der Waals surface area contributed by atoms with Crippen LogP contribution in [0.25, 0.3) is 0 Å². The lowest BCUT2D eigenvalue weighted by Crippen LogP contribution is -2.48. The summed E-state index contributed by atoms with van der Waals surface area (Å²) in [4.78, 5) is 50.4. The third kappa shape index (κ3) is 7.28. The first-order chi connectivity index (χ1) is 17.4. The van der Waals surface area contributed by atoms with Crippen molar-refractivity contribution in [2.24, 2.45) is 17.6 Å². The van der Waals surface area contributed by atoms with Crippen molar-refractivity contribution in [3.63, 3.8) is 0 Å². The van der Waals surface area contributed by atoms with Crippen LogP contribution in [-0.4, -0.2) is 64.3 Å². The summed E-state index contributed by atoms with van der Waals surface area (Å²) in [6.07, 6.45) is 12.7. The Hall–Kier alpha value is -1.52. The van der Waals surface area contributed by atoms with E-state index >= 15 is 0 Å². The van der Waals surface area contributed by atoms with Gasteiger partial charge in [0.2, 0.25) is 5.91 Å². The number of ether oxygens (including phenoxy) is 1. The summed E-state index contributed by atoms with van der Waals surface area (Å²) in [5.41, 5.74) is 6.12. The zero-order valence-corrected chi connectivity index (χ0v) is 22.5. The number of hydrogen-bond acceptors (Lipinski definition) is 8. The van der Waals surface area contributed by atoms with Crippen molar-refractivity contribution >= 4 is 45.3 Å². The van der Waals surface area contributed by atoms with Gasteiger partial charge in [-0.1, -0.05) is 34.4 Å². The molecule has 200 valence electrons. The van der Waals surface area contributed by atoms with E-state index < -0.39 is 0 Å². The summed E-state index contributed by atoms with van der Waals surface area (Å²) in [7, 11) is 3.72. The second-order valence-corrected chi connectivity index (χ2v) is 13.2. The third-order valence-corrected chi connectivity index (χ3v) is 11.5.